The number of nitrogens with zero attached hydrogens (tertiary/aromatic N) is 3. The molecule has 3 rings (SSSR count). The van der Waals surface area contributed by atoms with E-state index >= 15 is 0 Å². The second kappa shape index (κ2) is 4.03. The van der Waals surface area contributed by atoms with E-state index in [9.17, 15) is 0 Å². The molecule has 18 heavy (non-hydrogen) atoms. The maximum atomic E-state index is 5.72. The molecular formula is C13H12N4O. The summed E-state index contributed by atoms with van der Waals surface area (Å²) in [6, 6.07) is 9.13. The van der Waals surface area contributed by atoms with E-state index in [1.807, 2.05) is 35.9 Å². The number of aryl methyl sites for hydroxylation is 1. The van der Waals surface area contributed by atoms with Crippen LogP contribution in [0, 0.1) is 0 Å². The van der Waals surface area contributed by atoms with Gasteiger partial charge in [0.15, 0.2) is 5.52 Å². The molecule has 2 aromatic heterocycles. The average Bonchev–Trinajstić information content (AvgIpc) is 2.73. The Labute approximate surface area is 104 Å². The Balaban J connectivity index is 2.05. The number of hydrogen-bond acceptors (Lipinski definition) is 4. The second-order valence-electron chi connectivity index (χ2n) is 4.01. The molecule has 2 N–H and O–H groups in total. The van der Waals surface area contributed by atoms with Gasteiger partial charge in [0.25, 0.3) is 0 Å². The summed E-state index contributed by atoms with van der Waals surface area (Å²) in [6.45, 7) is 0. The molecule has 1 aromatic carbocycles. The highest BCUT2D eigenvalue weighted by molar-refractivity contribution is 5.80. The van der Waals surface area contributed by atoms with E-state index in [1.165, 1.54) is 0 Å². The van der Waals surface area contributed by atoms with Crippen LogP contribution >= 0.6 is 0 Å². The molecule has 5 heteroatoms. The number of rotatable bonds is 2. The number of benzene rings is 1. The van der Waals surface area contributed by atoms with Crippen molar-refractivity contribution >= 4 is 16.7 Å². The first-order chi connectivity index (χ1) is 8.74. The van der Waals surface area contributed by atoms with Crippen molar-refractivity contribution < 1.29 is 4.74 Å². The Morgan fingerprint density at radius 1 is 1.22 bits per heavy atom. The predicted molar refractivity (Wildman–Crippen MR) is 69.4 cm³/mol. The molecule has 0 saturated heterocycles. The van der Waals surface area contributed by atoms with Crippen molar-refractivity contribution in [3.8, 4) is 11.6 Å². The number of nitrogen functional groups attached to an aromatic ring is 1. The summed E-state index contributed by atoms with van der Waals surface area (Å²) in [6.07, 6.45) is 3.43. The van der Waals surface area contributed by atoms with Crippen molar-refractivity contribution in [2.24, 2.45) is 7.05 Å². The zero-order valence-electron chi connectivity index (χ0n) is 9.87. The van der Waals surface area contributed by atoms with Gasteiger partial charge in [-0.15, -0.1) is 0 Å². The lowest BCUT2D eigenvalue weighted by Crippen LogP contribution is -1.91. The Morgan fingerprint density at radius 2 is 2.11 bits per heavy atom. The number of pyridine rings is 1. The van der Waals surface area contributed by atoms with Gasteiger partial charge in [-0.2, -0.15) is 0 Å². The first kappa shape index (κ1) is 10.6. The molecular weight excluding hydrogens is 228 g/mol. The Kier molecular flexibility index (Phi) is 2.37. The van der Waals surface area contributed by atoms with Crippen LogP contribution in [-0.4, -0.2) is 14.5 Å². The molecule has 90 valence electrons. The third-order valence-electron chi connectivity index (χ3n) is 2.68. The third-order valence-corrected chi connectivity index (χ3v) is 2.68. The van der Waals surface area contributed by atoms with Crippen molar-refractivity contribution in [3.63, 3.8) is 0 Å². The van der Waals surface area contributed by atoms with Gasteiger partial charge in [-0.25, -0.2) is 9.97 Å². The first-order valence-electron chi connectivity index (χ1n) is 5.53. The number of anilines is 1. The largest absolute Gasteiger partial charge is 0.437 e. The van der Waals surface area contributed by atoms with Gasteiger partial charge >= 0.3 is 0 Å². The van der Waals surface area contributed by atoms with Gasteiger partial charge in [0.2, 0.25) is 5.88 Å². The molecule has 0 fully saturated rings. The van der Waals surface area contributed by atoms with E-state index in [1.54, 1.807) is 18.6 Å². The molecule has 3 aromatic rings. The molecule has 0 aliphatic rings. The Morgan fingerprint density at radius 3 is 2.94 bits per heavy atom. The van der Waals surface area contributed by atoms with E-state index in [0.717, 1.165) is 11.0 Å². The summed E-state index contributed by atoms with van der Waals surface area (Å²) >= 11 is 0. The van der Waals surface area contributed by atoms with E-state index in [0.29, 0.717) is 17.3 Å². The van der Waals surface area contributed by atoms with Crippen LogP contribution in [0.25, 0.3) is 11.0 Å². The lowest BCUT2D eigenvalue weighted by atomic mass is 10.3. The van der Waals surface area contributed by atoms with Gasteiger partial charge in [-0.3, -0.25) is 0 Å². The van der Waals surface area contributed by atoms with Gasteiger partial charge in [-0.05, 0) is 18.2 Å². The molecule has 0 saturated carbocycles. The van der Waals surface area contributed by atoms with Gasteiger partial charge in [0.1, 0.15) is 5.75 Å². The van der Waals surface area contributed by atoms with Crippen LogP contribution < -0.4 is 10.5 Å². The van der Waals surface area contributed by atoms with Crippen LogP contribution in [-0.2, 0) is 7.05 Å². The minimum atomic E-state index is 0.485. The molecule has 0 spiro atoms. The van der Waals surface area contributed by atoms with E-state index in [4.69, 9.17) is 10.5 Å². The van der Waals surface area contributed by atoms with Crippen LogP contribution in [0.1, 0.15) is 0 Å². The van der Waals surface area contributed by atoms with Crippen molar-refractivity contribution in [1.82, 2.24) is 14.5 Å². The fraction of sp³-hybridized carbons (Fsp3) is 0.0769. The quantitative estimate of drug-likeness (QED) is 0.698. The lowest BCUT2D eigenvalue weighted by molar-refractivity contribution is 0.468. The molecule has 0 aliphatic heterocycles. The van der Waals surface area contributed by atoms with Crippen LogP contribution in [0.5, 0.6) is 11.6 Å². The average molecular weight is 240 g/mol. The summed E-state index contributed by atoms with van der Waals surface area (Å²) in [5, 5.41) is 0. The summed E-state index contributed by atoms with van der Waals surface area (Å²) in [5.74, 6) is 1.14. The maximum absolute atomic E-state index is 5.72. The van der Waals surface area contributed by atoms with Crippen molar-refractivity contribution in [1.29, 1.82) is 0 Å². The minimum absolute atomic E-state index is 0.485. The summed E-state index contributed by atoms with van der Waals surface area (Å²) in [4.78, 5) is 8.49. The highest BCUT2D eigenvalue weighted by Gasteiger charge is 2.08. The Hall–Kier alpha value is -2.56. The molecule has 2 heterocycles. The smallest absolute Gasteiger partial charge is 0.247 e. The zero-order chi connectivity index (χ0) is 12.5. The zero-order valence-corrected chi connectivity index (χ0v) is 9.87. The molecule has 0 unspecified atom stereocenters. The van der Waals surface area contributed by atoms with Crippen molar-refractivity contribution in [2.45, 2.75) is 0 Å². The molecule has 5 nitrogen and oxygen atoms in total. The number of aromatic nitrogens is 3. The fourth-order valence-corrected chi connectivity index (χ4v) is 1.80. The molecule has 0 amide bonds. The first-order valence-corrected chi connectivity index (χ1v) is 5.53. The van der Waals surface area contributed by atoms with Crippen LogP contribution in [0.15, 0.2) is 42.9 Å². The van der Waals surface area contributed by atoms with Crippen molar-refractivity contribution in [3.05, 3.63) is 42.9 Å². The minimum Gasteiger partial charge on any atom is -0.437 e. The Bertz CT molecular complexity index is 705. The van der Waals surface area contributed by atoms with E-state index in [-0.39, 0.29) is 0 Å². The molecule has 0 aliphatic carbocycles. The van der Waals surface area contributed by atoms with Gasteiger partial charge in [-0.1, -0.05) is 6.07 Å². The monoisotopic (exact) mass is 240 g/mol. The van der Waals surface area contributed by atoms with Crippen LogP contribution in [0.3, 0.4) is 0 Å². The second-order valence-corrected chi connectivity index (χ2v) is 4.01. The summed E-state index contributed by atoms with van der Waals surface area (Å²) < 4.78 is 7.64. The normalized spacial score (nSPS) is 10.7. The van der Waals surface area contributed by atoms with Crippen LogP contribution in [0.4, 0.5) is 5.69 Å². The van der Waals surface area contributed by atoms with Gasteiger partial charge in [0, 0.05) is 25.0 Å². The summed E-state index contributed by atoms with van der Waals surface area (Å²) in [5.41, 5.74) is 8.08. The fourth-order valence-electron chi connectivity index (χ4n) is 1.80. The molecule has 0 atom stereocenters. The third kappa shape index (κ3) is 1.75. The molecule has 0 bridgehead atoms. The highest BCUT2D eigenvalue weighted by atomic mass is 16.5. The highest BCUT2D eigenvalue weighted by Crippen LogP contribution is 2.26. The predicted octanol–water partition coefficient (Wildman–Crippen LogP) is 2.34. The maximum Gasteiger partial charge on any atom is 0.247 e. The SMILES string of the molecule is Cn1cnc2c(Oc3cccc(N)c3)nccc21. The molecule has 0 radical (unpaired) electrons. The van der Waals surface area contributed by atoms with Gasteiger partial charge < -0.3 is 15.0 Å². The van der Waals surface area contributed by atoms with Crippen LogP contribution in [0.2, 0.25) is 0 Å². The number of ether oxygens (including phenoxy) is 1. The van der Waals surface area contributed by atoms with Gasteiger partial charge in [0.05, 0.1) is 11.8 Å². The number of hydrogen-bond donors (Lipinski definition) is 1. The lowest BCUT2D eigenvalue weighted by Gasteiger charge is -2.05. The topological polar surface area (TPSA) is 66.0 Å². The number of imidazole rings is 1. The number of fused-ring (bicyclic) bond motifs is 1. The van der Waals surface area contributed by atoms with E-state index in [2.05, 4.69) is 9.97 Å². The summed E-state index contributed by atoms with van der Waals surface area (Å²) in [7, 11) is 1.93. The standard InChI is InChI=1S/C13H12N4O/c1-17-8-16-12-11(17)5-6-15-13(12)18-10-4-2-3-9(14)7-10/h2-8H,14H2,1H3. The number of nitrogens with two attached hydrogens (primary N) is 1. The van der Waals surface area contributed by atoms with Crippen molar-refractivity contribution in [2.75, 3.05) is 5.73 Å². The van der Waals surface area contributed by atoms with E-state index < -0.39 is 0 Å².